The molecule has 4 nitrogen and oxygen atoms in total. The summed E-state index contributed by atoms with van der Waals surface area (Å²) in [6.45, 7) is 4.04. The molecule has 0 unspecified atom stereocenters. The molecule has 0 aliphatic carbocycles. The highest BCUT2D eigenvalue weighted by Crippen LogP contribution is 2.27. The van der Waals surface area contributed by atoms with E-state index < -0.39 is 5.82 Å². The Bertz CT molecular complexity index is 505. The van der Waals surface area contributed by atoms with Gasteiger partial charge in [-0.3, -0.25) is 4.57 Å². The number of halogens is 1. The van der Waals surface area contributed by atoms with Crippen molar-refractivity contribution in [3.63, 3.8) is 0 Å². The monoisotopic (exact) mass is 223 g/mol. The van der Waals surface area contributed by atoms with Gasteiger partial charge in [0.15, 0.2) is 5.65 Å². The number of hydrogen-bond donors (Lipinski definition) is 1. The Morgan fingerprint density at radius 2 is 2.12 bits per heavy atom. The van der Waals surface area contributed by atoms with E-state index in [2.05, 4.69) is 9.97 Å². The molecule has 0 atom stereocenters. The molecule has 0 aliphatic heterocycles. The minimum absolute atomic E-state index is 0.0956. The Morgan fingerprint density at radius 3 is 2.75 bits per heavy atom. The summed E-state index contributed by atoms with van der Waals surface area (Å²) in [7, 11) is 0. The van der Waals surface area contributed by atoms with E-state index >= 15 is 0 Å². The van der Waals surface area contributed by atoms with E-state index in [4.69, 9.17) is 0 Å². The molecule has 2 aromatic rings. The van der Waals surface area contributed by atoms with Crippen LogP contribution in [0.5, 0.6) is 6.01 Å². The van der Waals surface area contributed by atoms with Gasteiger partial charge in [0.2, 0.25) is 0 Å². The maximum atomic E-state index is 13.1. The van der Waals surface area contributed by atoms with Crippen LogP contribution in [0.4, 0.5) is 4.39 Å². The Kier molecular flexibility index (Phi) is 2.77. The fourth-order valence-electron chi connectivity index (χ4n) is 1.95. The number of hydrogen-bond acceptors (Lipinski definition) is 3. The summed E-state index contributed by atoms with van der Waals surface area (Å²) in [5, 5.41) is 9.75. The van der Waals surface area contributed by atoms with Crippen LogP contribution in [0, 0.1) is 5.82 Å². The zero-order valence-electron chi connectivity index (χ0n) is 9.31. The molecular weight excluding hydrogens is 209 g/mol. The average molecular weight is 223 g/mol. The van der Waals surface area contributed by atoms with Crippen molar-refractivity contribution in [2.75, 3.05) is 0 Å². The third-order valence-corrected chi connectivity index (χ3v) is 2.80. The third-order valence-electron chi connectivity index (χ3n) is 2.80. The van der Waals surface area contributed by atoms with E-state index in [1.54, 1.807) is 4.57 Å². The van der Waals surface area contributed by atoms with Crippen molar-refractivity contribution < 1.29 is 9.50 Å². The van der Waals surface area contributed by atoms with Gasteiger partial charge in [-0.05, 0) is 12.8 Å². The number of fused-ring (bicyclic) bond motifs is 1. The van der Waals surface area contributed by atoms with E-state index in [1.807, 2.05) is 13.8 Å². The van der Waals surface area contributed by atoms with E-state index in [1.165, 1.54) is 6.07 Å². The predicted octanol–water partition coefficient (Wildman–Crippen LogP) is 2.64. The largest absolute Gasteiger partial charge is 0.480 e. The summed E-state index contributed by atoms with van der Waals surface area (Å²) in [4.78, 5) is 7.76. The number of rotatable bonds is 3. The first kappa shape index (κ1) is 10.9. The maximum Gasteiger partial charge on any atom is 0.296 e. The second kappa shape index (κ2) is 4.08. The molecule has 86 valence electrons. The Labute approximate surface area is 92.8 Å². The van der Waals surface area contributed by atoms with Gasteiger partial charge in [0.1, 0.15) is 5.82 Å². The van der Waals surface area contributed by atoms with Crippen LogP contribution in [0.1, 0.15) is 32.7 Å². The normalized spacial score (nSPS) is 11.5. The van der Waals surface area contributed by atoms with Crippen LogP contribution in [0.25, 0.3) is 11.2 Å². The van der Waals surface area contributed by atoms with Crippen LogP contribution >= 0.6 is 0 Å². The van der Waals surface area contributed by atoms with Gasteiger partial charge in [-0.1, -0.05) is 13.8 Å². The molecule has 0 saturated carbocycles. The number of imidazole rings is 1. The number of nitrogens with zero attached hydrogens (tertiary/aromatic N) is 3. The summed E-state index contributed by atoms with van der Waals surface area (Å²) in [6.07, 6.45) is 2.81. The van der Waals surface area contributed by atoms with Crippen molar-refractivity contribution in [2.24, 2.45) is 0 Å². The van der Waals surface area contributed by atoms with Gasteiger partial charge in [-0.2, -0.15) is 4.98 Å². The highest BCUT2D eigenvalue weighted by Gasteiger charge is 2.17. The smallest absolute Gasteiger partial charge is 0.296 e. The lowest BCUT2D eigenvalue weighted by Gasteiger charge is -2.15. The molecule has 0 aliphatic rings. The van der Waals surface area contributed by atoms with Gasteiger partial charge < -0.3 is 5.11 Å². The fraction of sp³-hybridized carbons (Fsp3) is 0.455. The summed E-state index contributed by atoms with van der Waals surface area (Å²) >= 11 is 0. The molecule has 0 bridgehead atoms. The van der Waals surface area contributed by atoms with Crippen LogP contribution in [0.15, 0.2) is 12.3 Å². The lowest BCUT2D eigenvalue weighted by atomic mass is 10.1. The zero-order chi connectivity index (χ0) is 11.7. The van der Waals surface area contributed by atoms with Gasteiger partial charge in [-0.15, -0.1) is 0 Å². The Balaban J connectivity index is 2.66. The van der Waals surface area contributed by atoms with Crippen molar-refractivity contribution in [2.45, 2.75) is 32.7 Å². The van der Waals surface area contributed by atoms with Crippen molar-refractivity contribution >= 4 is 11.2 Å². The standard InChI is InChI=1S/C11H14FN3O/c1-3-8(4-2)15-9-5-7(12)6-13-10(9)14-11(15)16/h5-6,8H,3-4H2,1-2H3,(H,13,14,16). The van der Waals surface area contributed by atoms with Gasteiger partial charge in [0.05, 0.1) is 11.7 Å². The molecule has 2 rings (SSSR count). The Hall–Kier alpha value is -1.65. The highest BCUT2D eigenvalue weighted by atomic mass is 19.1. The van der Waals surface area contributed by atoms with Crippen LogP contribution in [-0.4, -0.2) is 19.6 Å². The second-order valence-electron chi connectivity index (χ2n) is 3.75. The molecule has 5 heteroatoms. The highest BCUT2D eigenvalue weighted by molar-refractivity contribution is 5.72. The molecule has 2 aromatic heterocycles. The molecular formula is C11H14FN3O. The molecule has 0 saturated heterocycles. The molecule has 0 fully saturated rings. The topological polar surface area (TPSA) is 50.9 Å². The van der Waals surface area contributed by atoms with Gasteiger partial charge in [-0.25, -0.2) is 9.37 Å². The van der Waals surface area contributed by atoms with E-state index in [9.17, 15) is 9.50 Å². The van der Waals surface area contributed by atoms with Crippen LogP contribution in [0.3, 0.4) is 0 Å². The molecule has 16 heavy (non-hydrogen) atoms. The zero-order valence-corrected chi connectivity index (χ0v) is 9.31. The molecule has 1 N–H and O–H groups in total. The Morgan fingerprint density at radius 1 is 1.44 bits per heavy atom. The maximum absolute atomic E-state index is 13.1. The quantitative estimate of drug-likeness (QED) is 0.870. The van der Waals surface area contributed by atoms with Gasteiger partial charge >= 0.3 is 0 Å². The number of aromatic hydroxyl groups is 1. The lowest BCUT2D eigenvalue weighted by Crippen LogP contribution is -2.06. The molecule has 0 amide bonds. The predicted molar refractivity (Wildman–Crippen MR) is 58.8 cm³/mol. The average Bonchev–Trinajstić information content (AvgIpc) is 2.58. The summed E-state index contributed by atoms with van der Waals surface area (Å²) < 4.78 is 14.8. The van der Waals surface area contributed by atoms with Crippen molar-refractivity contribution in [3.8, 4) is 6.01 Å². The molecule has 0 aromatic carbocycles. The summed E-state index contributed by atoms with van der Waals surface area (Å²) in [5.74, 6) is -0.417. The molecule has 0 spiro atoms. The van der Waals surface area contributed by atoms with Crippen LogP contribution in [0.2, 0.25) is 0 Å². The SMILES string of the molecule is CCC(CC)n1c(O)nc2ncc(F)cc21. The second-order valence-corrected chi connectivity index (χ2v) is 3.75. The summed E-state index contributed by atoms with van der Waals surface area (Å²) in [6, 6.07) is 1.38. The first-order valence-corrected chi connectivity index (χ1v) is 5.39. The third kappa shape index (κ3) is 1.62. The van der Waals surface area contributed by atoms with Crippen molar-refractivity contribution in [1.82, 2.24) is 14.5 Å². The fourth-order valence-corrected chi connectivity index (χ4v) is 1.95. The number of aromatic nitrogens is 3. The van der Waals surface area contributed by atoms with Gasteiger partial charge in [0.25, 0.3) is 6.01 Å². The number of pyridine rings is 1. The van der Waals surface area contributed by atoms with Crippen LogP contribution < -0.4 is 0 Å². The lowest BCUT2D eigenvalue weighted by molar-refractivity contribution is 0.361. The molecule has 2 heterocycles. The summed E-state index contributed by atoms with van der Waals surface area (Å²) in [5.41, 5.74) is 0.928. The van der Waals surface area contributed by atoms with Crippen molar-refractivity contribution in [1.29, 1.82) is 0 Å². The van der Waals surface area contributed by atoms with Crippen molar-refractivity contribution in [3.05, 3.63) is 18.1 Å². The van der Waals surface area contributed by atoms with Gasteiger partial charge in [0, 0.05) is 12.1 Å². The van der Waals surface area contributed by atoms with E-state index in [-0.39, 0.29) is 12.1 Å². The van der Waals surface area contributed by atoms with E-state index in [0.29, 0.717) is 11.2 Å². The minimum Gasteiger partial charge on any atom is -0.480 e. The van der Waals surface area contributed by atoms with E-state index in [0.717, 1.165) is 19.0 Å². The molecule has 0 radical (unpaired) electrons. The minimum atomic E-state index is -0.417. The first-order chi connectivity index (χ1) is 7.67. The van der Waals surface area contributed by atoms with Crippen LogP contribution in [-0.2, 0) is 0 Å². The first-order valence-electron chi connectivity index (χ1n) is 5.39.